The highest BCUT2D eigenvalue weighted by molar-refractivity contribution is 6.05. The summed E-state index contributed by atoms with van der Waals surface area (Å²) in [5, 5.41) is 21.2. The molecule has 2 aliphatic heterocycles. The van der Waals surface area contributed by atoms with Crippen LogP contribution in [0, 0.1) is 11.3 Å². The molecule has 0 aromatic heterocycles. The number of para-hydroxylation sites is 2. The van der Waals surface area contributed by atoms with Gasteiger partial charge < -0.3 is 14.7 Å². The summed E-state index contributed by atoms with van der Waals surface area (Å²) < 4.78 is 7.35. The normalized spacial score (nSPS) is 14.8. The molecule has 0 fully saturated rings. The van der Waals surface area contributed by atoms with E-state index in [4.69, 9.17) is 4.74 Å². The molecule has 11 nitrogen and oxygen atoms in total. The number of carboxylic acid groups (broad SMARTS) is 1. The van der Waals surface area contributed by atoms with Crippen LogP contribution in [0.25, 0.3) is 0 Å². The second kappa shape index (κ2) is 22.9. The first-order valence-corrected chi connectivity index (χ1v) is 24.9. The van der Waals surface area contributed by atoms with Crippen LogP contribution in [0.15, 0.2) is 181 Å². The summed E-state index contributed by atoms with van der Waals surface area (Å²) in [4.78, 5) is 75.7. The van der Waals surface area contributed by atoms with Crippen molar-refractivity contribution in [1.29, 1.82) is 5.26 Å². The lowest BCUT2D eigenvalue weighted by molar-refractivity contribution is -0.436. The number of aliphatic carboxylic acids is 1. The van der Waals surface area contributed by atoms with Gasteiger partial charge in [-0.05, 0) is 105 Å². The molecule has 6 aromatic rings. The molecule has 0 spiro atoms. The minimum Gasteiger partial charge on any atom is -0.481 e. The van der Waals surface area contributed by atoms with Crippen LogP contribution in [-0.4, -0.2) is 70.7 Å². The molecule has 0 atom stereocenters. The number of nitriles is 1. The molecule has 2 aliphatic rings. The van der Waals surface area contributed by atoms with E-state index in [-0.39, 0.29) is 42.7 Å². The Morgan fingerprint density at radius 2 is 1.05 bits per heavy atom. The second-order valence-electron chi connectivity index (χ2n) is 19.3. The molecule has 75 heavy (non-hydrogen) atoms. The van der Waals surface area contributed by atoms with Crippen molar-refractivity contribution in [2.75, 3.05) is 24.6 Å². The summed E-state index contributed by atoms with van der Waals surface area (Å²) in [7, 11) is 0. The monoisotopic (exact) mass is 996 g/mol. The Morgan fingerprint density at radius 3 is 1.49 bits per heavy atom. The van der Waals surface area contributed by atoms with Crippen LogP contribution in [0.3, 0.4) is 0 Å². The summed E-state index contributed by atoms with van der Waals surface area (Å²) in [5.41, 5.74) is 10.0. The summed E-state index contributed by atoms with van der Waals surface area (Å²) in [6.07, 6.45) is 9.07. The van der Waals surface area contributed by atoms with E-state index in [1.807, 2.05) is 150 Å². The zero-order chi connectivity index (χ0) is 53.3. The fourth-order valence-corrected chi connectivity index (χ4v) is 10.8. The average Bonchev–Trinajstić information content (AvgIpc) is 3.80. The van der Waals surface area contributed by atoms with E-state index >= 15 is 0 Å². The number of rotatable bonds is 22. The highest BCUT2D eigenvalue weighted by Gasteiger charge is 2.51. The third kappa shape index (κ3) is 11.4. The van der Waals surface area contributed by atoms with Gasteiger partial charge in [-0.15, -0.1) is 0 Å². The standard InChI is InChI=1S/C64H57N3O8/c1-43(69)52-23-13-47(14-24-52)37-63(38-48-15-25-53(26-16-48)44(2)70)56-9-5-7-11-58(56)66(34-33-62(73)74)60(63)31-21-51(41-65)22-32-61-64(39-49-17-27-54(28-18-49)45(3)71,40-50-19-29-55(30-20-50)46(4)72)57-10-6-8-12-59(57)67(61)35-36-75-42-68/h5-32,42H,33-40H2,1-4H3/p+1. The van der Waals surface area contributed by atoms with E-state index in [9.17, 15) is 39.1 Å². The summed E-state index contributed by atoms with van der Waals surface area (Å²) >= 11 is 0. The second-order valence-corrected chi connectivity index (χ2v) is 19.3. The Morgan fingerprint density at radius 1 is 0.613 bits per heavy atom. The van der Waals surface area contributed by atoms with Gasteiger partial charge in [0, 0.05) is 56.8 Å². The molecule has 6 aromatic carbocycles. The van der Waals surface area contributed by atoms with Gasteiger partial charge in [0.25, 0.3) is 6.47 Å². The number of hydrogen-bond acceptors (Lipinski definition) is 9. The number of Topliss-reactive ketones (excluding diaryl/α,β-unsaturated/α-hetero) is 4. The van der Waals surface area contributed by atoms with Gasteiger partial charge >= 0.3 is 5.97 Å². The predicted octanol–water partition coefficient (Wildman–Crippen LogP) is 11.1. The molecule has 376 valence electrons. The molecular formula is C64H58N3O8+. The molecule has 2 heterocycles. The van der Waals surface area contributed by atoms with E-state index < -0.39 is 16.8 Å². The SMILES string of the molecule is CC(=O)c1ccc(CC2(Cc3ccc(C(C)=O)cc3)C(=CC=C(C#N)C=CC3=[N+](CCC(=O)O)c4ccccc4C3(Cc3ccc(C(C)=O)cc3)Cc3ccc(C(C)=O)cc3)N(CCOC=O)c3ccccc32)cc1. The van der Waals surface area contributed by atoms with E-state index in [1.165, 1.54) is 27.7 Å². The van der Waals surface area contributed by atoms with E-state index in [0.717, 1.165) is 56.2 Å². The van der Waals surface area contributed by atoms with E-state index in [2.05, 4.69) is 23.1 Å². The number of nitrogens with zero attached hydrogens (tertiary/aromatic N) is 3. The molecule has 11 heteroatoms. The topological polar surface area (TPSA) is 162 Å². The van der Waals surface area contributed by atoms with E-state index in [0.29, 0.717) is 66.5 Å². The van der Waals surface area contributed by atoms with Crippen LogP contribution in [0.1, 0.15) is 109 Å². The van der Waals surface area contributed by atoms with Crippen LogP contribution in [0.5, 0.6) is 0 Å². The maximum Gasteiger partial charge on any atom is 0.309 e. The number of ketones is 4. The van der Waals surface area contributed by atoms with Gasteiger partial charge in [0.15, 0.2) is 35.4 Å². The number of fused-ring (bicyclic) bond motifs is 2. The smallest absolute Gasteiger partial charge is 0.309 e. The van der Waals surface area contributed by atoms with Crippen LogP contribution in [0.2, 0.25) is 0 Å². The minimum absolute atomic E-state index is 0.0502. The van der Waals surface area contributed by atoms with Crippen molar-refractivity contribution in [3.8, 4) is 6.07 Å². The first kappa shape index (κ1) is 52.4. The van der Waals surface area contributed by atoms with Crippen molar-refractivity contribution < 1.29 is 43.2 Å². The van der Waals surface area contributed by atoms with Gasteiger partial charge in [-0.2, -0.15) is 9.84 Å². The number of carbonyl (C=O) groups excluding carboxylic acids is 5. The Hall–Kier alpha value is -8.88. The zero-order valence-corrected chi connectivity index (χ0v) is 42.5. The lowest BCUT2D eigenvalue weighted by atomic mass is 9.69. The number of ether oxygens (including phenoxy) is 1. The van der Waals surface area contributed by atoms with Crippen molar-refractivity contribution in [1.82, 2.24) is 0 Å². The highest BCUT2D eigenvalue weighted by atomic mass is 16.5. The number of hydrogen-bond donors (Lipinski definition) is 1. The van der Waals surface area contributed by atoms with Gasteiger partial charge in [-0.3, -0.25) is 28.8 Å². The van der Waals surface area contributed by atoms with Crippen molar-refractivity contribution >= 4 is 52.7 Å². The summed E-state index contributed by atoms with van der Waals surface area (Å²) in [6, 6.07) is 48.6. The van der Waals surface area contributed by atoms with Crippen LogP contribution in [0.4, 0.5) is 11.4 Å². The minimum atomic E-state index is -0.967. The molecule has 0 unspecified atom stereocenters. The molecule has 0 bridgehead atoms. The average molecular weight is 997 g/mol. The molecule has 0 amide bonds. The van der Waals surface area contributed by atoms with Crippen molar-refractivity contribution in [3.63, 3.8) is 0 Å². The number of benzene rings is 6. The van der Waals surface area contributed by atoms with Gasteiger partial charge in [0.05, 0.1) is 23.6 Å². The maximum atomic E-state index is 12.4. The van der Waals surface area contributed by atoms with Crippen molar-refractivity contribution in [2.45, 2.75) is 70.6 Å². The quantitative estimate of drug-likeness (QED) is 0.0173. The predicted molar refractivity (Wildman–Crippen MR) is 289 cm³/mol. The molecule has 0 saturated carbocycles. The van der Waals surface area contributed by atoms with Gasteiger partial charge in [0.2, 0.25) is 5.69 Å². The largest absolute Gasteiger partial charge is 0.481 e. The lowest BCUT2D eigenvalue weighted by Crippen LogP contribution is -2.39. The Balaban J connectivity index is 1.32. The fourth-order valence-electron chi connectivity index (χ4n) is 10.8. The molecular weight excluding hydrogens is 939 g/mol. The number of carboxylic acids is 1. The number of anilines is 1. The highest BCUT2D eigenvalue weighted by Crippen LogP contribution is 2.52. The third-order valence-electron chi connectivity index (χ3n) is 14.5. The lowest BCUT2D eigenvalue weighted by Gasteiger charge is -2.34. The Labute approximate surface area is 437 Å². The van der Waals surface area contributed by atoms with Gasteiger partial charge in [0.1, 0.15) is 13.0 Å². The van der Waals surface area contributed by atoms with Crippen LogP contribution < -0.4 is 4.90 Å². The first-order chi connectivity index (χ1) is 36.2. The van der Waals surface area contributed by atoms with Gasteiger partial charge in [-0.25, -0.2) is 0 Å². The molecule has 0 radical (unpaired) electrons. The molecule has 8 rings (SSSR count). The first-order valence-electron chi connectivity index (χ1n) is 24.9. The van der Waals surface area contributed by atoms with E-state index in [1.54, 1.807) is 12.2 Å². The Kier molecular flexibility index (Phi) is 16.0. The Bertz CT molecular complexity index is 3240. The number of allylic oxidation sites excluding steroid dienone is 6. The number of carbonyl (C=O) groups is 6. The van der Waals surface area contributed by atoms with Crippen molar-refractivity contribution in [3.05, 3.63) is 237 Å². The van der Waals surface area contributed by atoms with Crippen molar-refractivity contribution in [2.24, 2.45) is 0 Å². The molecule has 1 N–H and O–H groups in total. The van der Waals surface area contributed by atoms with Crippen LogP contribution in [-0.2, 0) is 50.8 Å². The summed E-state index contributed by atoms with van der Waals surface area (Å²) in [5.74, 6) is -1.18. The summed E-state index contributed by atoms with van der Waals surface area (Å²) in [6.45, 7) is 7.03. The van der Waals surface area contributed by atoms with Gasteiger partial charge in [-0.1, -0.05) is 133 Å². The maximum absolute atomic E-state index is 12.4. The molecule has 0 aliphatic carbocycles. The zero-order valence-electron chi connectivity index (χ0n) is 42.5. The third-order valence-corrected chi connectivity index (χ3v) is 14.5. The fraction of sp³-hybridized carbons (Fsp3) is 0.219. The molecule has 0 saturated heterocycles. The van der Waals surface area contributed by atoms with Crippen LogP contribution >= 0.6 is 0 Å².